The molecule has 1 aromatic carbocycles. The molecule has 30 heavy (non-hydrogen) atoms. The van der Waals surface area contributed by atoms with Gasteiger partial charge in [0.15, 0.2) is 0 Å². The number of methoxy groups -OCH3 is 1. The van der Waals surface area contributed by atoms with E-state index in [-0.39, 0.29) is 18.3 Å². The molecule has 8 nitrogen and oxygen atoms in total. The number of carbonyl (C=O) groups is 2. The van der Waals surface area contributed by atoms with Crippen molar-refractivity contribution < 1.29 is 28.6 Å². The van der Waals surface area contributed by atoms with Crippen LogP contribution in [-0.4, -0.2) is 39.2 Å². The van der Waals surface area contributed by atoms with Crippen LogP contribution >= 0.6 is 0 Å². The molecular weight excluding hydrogens is 386 g/mol. The third-order valence-electron chi connectivity index (χ3n) is 5.03. The topological polar surface area (TPSA) is 89.8 Å². The highest BCUT2D eigenvalue weighted by atomic mass is 16.6. The van der Waals surface area contributed by atoms with Gasteiger partial charge in [0.1, 0.15) is 19.1 Å². The lowest BCUT2D eigenvalue weighted by molar-refractivity contribution is -0.874. The minimum Gasteiger partial charge on any atom is -0.493 e. The Bertz CT molecular complexity index is 887. The molecule has 1 aliphatic rings. The summed E-state index contributed by atoms with van der Waals surface area (Å²) < 4.78 is 12.2. The maximum absolute atomic E-state index is 12.3. The van der Waals surface area contributed by atoms with Gasteiger partial charge in [0.05, 0.1) is 32.6 Å². The fraction of sp³-hybridized carbons (Fsp3) is 0.409. The molecule has 0 bridgehead atoms. The highest BCUT2D eigenvalue weighted by molar-refractivity contribution is 5.84. The highest BCUT2D eigenvalue weighted by Gasteiger charge is 2.26. The predicted octanol–water partition coefficient (Wildman–Crippen LogP) is 1.27. The molecule has 2 N–H and O–H groups in total. The molecule has 2 heterocycles. The lowest BCUT2D eigenvalue weighted by Gasteiger charge is -2.12. The van der Waals surface area contributed by atoms with Gasteiger partial charge in [-0.3, -0.25) is 14.9 Å². The molecular formula is C22H28N3O5+. The van der Waals surface area contributed by atoms with Crippen LogP contribution in [0.1, 0.15) is 24.0 Å². The van der Waals surface area contributed by atoms with Crippen molar-refractivity contribution in [2.24, 2.45) is 5.92 Å². The number of nitrogens with zero attached hydrogens (tertiary/aromatic N) is 1. The second-order valence-corrected chi connectivity index (χ2v) is 7.05. The highest BCUT2D eigenvalue weighted by Crippen LogP contribution is 2.25. The molecule has 1 aromatic heterocycles. The number of pyridine rings is 1. The lowest BCUT2D eigenvalue weighted by Crippen LogP contribution is -2.42. The fourth-order valence-corrected chi connectivity index (χ4v) is 3.39. The average Bonchev–Trinajstić information content (AvgIpc) is 2.92. The van der Waals surface area contributed by atoms with E-state index >= 15 is 0 Å². The molecule has 0 radical (unpaired) electrons. The van der Waals surface area contributed by atoms with Crippen molar-refractivity contribution in [2.75, 3.05) is 32.7 Å². The molecule has 8 heteroatoms. The van der Waals surface area contributed by atoms with Crippen LogP contribution in [0.25, 0.3) is 0 Å². The standard InChI is InChI=1S/C22H27N3O5/c1-28-21(26)14-17-12-16-7-8-19(13-18(16)15-24-22(17)27)30-11-5-9-23-20-6-3-4-10-25(20)29-2/h3-4,6-8,10,13,17H,5,9,11-12,14-15H2,1-2H3,(H,24,27)/p+1. The largest absolute Gasteiger partial charge is 0.493 e. The zero-order chi connectivity index (χ0) is 21.3. The van der Waals surface area contributed by atoms with Crippen molar-refractivity contribution in [3.05, 3.63) is 53.7 Å². The van der Waals surface area contributed by atoms with E-state index in [1.165, 1.54) is 7.11 Å². The summed E-state index contributed by atoms with van der Waals surface area (Å²) in [7, 11) is 2.95. The van der Waals surface area contributed by atoms with Gasteiger partial charge >= 0.3 is 11.8 Å². The summed E-state index contributed by atoms with van der Waals surface area (Å²) in [6, 6.07) is 11.6. The fourth-order valence-electron chi connectivity index (χ4n) is 3.39. The molecule has 1 aliphatic heterocycles. The molecule has 0 fully saturated rings. The molecule has 0 saturated heterocycles. The van der Waals surface area contributed by atoms with Gasteiger partial charge in [0, 0.05) is 19.0 Å². The van der Waals surface area contributed by atoms with Crippen LogP contribution in [0.3, 0.4) is 0 Å². The summed E-state index contributed by atoms with van der Waals surface area (Å²) in [4.78, 5) is 29.1. The number of rotatable bonds is 9. The van der Waals surface area contributed by atoms with E-state index < -0.39 is 5.92 Å². The molecule has 1 amide bonds. The summed E-state index contributed by atoms with van der Waals surface area (Å²) in [5.41, 5.74) is 2.06. The van der Waals surface area contributed by atoms with Crippen LogP contribution in [0.5, 0.6) is 5.75 Å². The summed E-state index contributed by atoms with van der Waals surface area (Å²) in [6.07, 6.45) is 3.24. The van der Waals surface area contributed by atoms with Gasteiger partial charge in [0.2, 0.25) is 5.91 Å². The number of ether oxygens (including phenoxy) is 2. The maximum atomic E-state index is 12.3. The van der Waals surface area contributed by atoms with Gasteiger partial charge in [-0.15, -0.1) is 0 Å². The number of hydrogen-bond donors (Lipinski definition) is 2. The number of hydrogen-bond acceptors (Lipinski definition) is 6. The monoisotopic (exact) mass is 414 g/mol. The van der Waals surface area contributed by atoms with E-state index in [1.807, 2.05) is 42.6 Å². The van der Waals surface area contributed by atoms with E-state index in [1.54, 1.807) is 11.8 Å². The summed E-state index contributed by atoms with van der Waals surface area (Å²) in [6.45, 7) is 1.72. The van der Waals surface area contributed by atoms with Crippen LogP contribution < -0.4 is 24.9 Å². The average molecular weight is 414 g/mol. The zero-order valence-corrected chi connectivity index (χ0v) is 17.3. The van der Waals surface area contributed by atoms with Gasteiger partial charge in [-0.25, -0.2) is 0 Å². The number of amides is 1. The minimum absolute atomic E-state index is 0.0809. The lowest BCUT2D eigenvalue weighted by atomic mass is 9.94. The van der Waals surface area contributed by atoms with E-state index in [4.69, 9.17) is 14.3 Å². The van der Waals surface area contributed by atoms with Crippen molar-refractivity contribution in [2.45, 2.75) is 25.8 Å². The maximum Gasteiger partial charge on any atom is 0.314 e. The second kappa shape index (κ2) is 10.5. The first-order chi connectivity index (χ1) is 14.6. The molecule has 1 atom stereocenters. The number of benzene rings is 1. The van der Waals surface area contributed by atoms with Crippen molar-refractivity contribution in [3.8, 4) is 5.75 Å². The number of nitrogens with one attached hydrogen (secondary N) is 2. The first-order valence-corrected chi connectivity index (χ1v) is 9.99. The number of fused-ring (bicyclic) bond motifs is 1. The molecule has 0 spiro atoms. The summed E-state index contributed by atoms with van der Waals surface area (Å²) >= 11 is 0. The third kappa shape index (κ3) is 5.62. The SMILES string of the molecule is COC(=O)CC1Cc2ccc(OCCCNc3cccc[n+]3OC)cc2CNC1=O. The number of carbonyl (C=O) groups excluding carboxylic acids is 2. The molecule has 0 saturated carbocycles. The normalized spacial score (nSPS) is 15.4. The molecule has 1 unspecified atom stereocenters. The third-order valence-corrected chi connectivity index (χ3v) is 5.03. The molecule has 0 aliphatic carbocycles. The molecule has 160 valence electrons. The van der Waals surface area contributed by atoms with Gasteiger partial charge in [-0.2, -0.15) is 0 Å². The number of esters is 1. The Kier molecular flexibility index (Phi) is 7.48. The Hall–Kier alpha value is -3.29. The summed E-state index contributed by atoms with van der Waals surface area (Å²) in [5, 5.41) is 6.20. The number of anilines is 1. The first kappa shape index (κ1) is 21.4. The second-order valence-electron chi connectivity index (χ2n) is 7.05. The first-order valence-electron chi connectivity index (χ1n) is 9.99. The van der Waals surface area contributed by atoms with Crippen LogP contribution in [0.4, 0.5) is 5.82 Å². The van der Waals surface area contributed by atoms with Crippen LogP contribution in [-0.2, 0) is 27.3 Å². The van der Waals surface area contributed by atoms with E-state index in [0.29, 0.717) is 19.6 Å². The Labute approximate surface area is 176 Å². The van der Waals surface area contributed by atoms with Crippen molar-refractivity contribution in [1.29, 1.82) is 0 Å². The van der Waals surface area contributed by atoms with E-state index in [9.17, 15) is 9.59 Å². The van der Waals surface area contributed by atoms with Gasteiger partial charge in [0.25, 0.3) is 0 Å². The van der Waals surface area contributed by atoms with Crippen molar-refractivity contribution in [3.63, 3.8) is 0 Å². The Morgan fingerprint density at radius 2 is 2.10 bits per heavy atom. The summed E-state index contributed by atoms with van der Waals surface area (Å²) in [5.74, 6) is 0.728. The van der Waals surface area contributed by atoms with Gasteiger partial charge in [-0.05, 0) is 35.7 Å². The van der Waals surface area contributed by atoms with Gasteiger partial charge < -0.3 is 19.6 Å². The Balaban J connectivity index is 1.50. The predicted molar refractivity (Wildman–Crippen MR) is 110 cm³/mol. The zero-order valence-electron chi connectivity index (χ0n) is 17.3. The number of aromatic nitrogens is 1. The quantitative estimate of drug-likeness (QED) is 0.365. The van der Waals surface area contributed by atoms with Crippen LogP contribution in [0, 0.1) is 5.92 Å². The smallest absolute Gasteiger partial charge is 0.314 e. The Morgan fingerprint density at radius 3 is 2.90 bits per heavy atom. The van der Waals surface area contributed by atoms with Crippen molar-refractivity contribution >= 4 is 17.7 Å². The van der Waals surface area contributed by atoms with E-state index in [2.05, 4.69) is 10.6 Å². The molecule has 3 rings (SSSR count). The van der Waals surface area contributed by atoms with Crippen molar-refractivity contribution in [1.82, 2.24) is 5.32 Å². The minimum atomic E-state index is -0.413. The van der Waals surface area contributed by atoms with Crippen LogP contribution in [0.2, 0.25) is 0 Å². The van der Waals surface area contributed by atoms with E-state index in [0.717, 1.165) is 35.7 Å². The Morgan fingerprint density at radius 1 is 1.23 bits per heavy atom. The van der Waals surface area contributed by atoms with Crippen LogP contribution in [0.15, 0.2) is 42.6 Å². The van der Waals surface area contributed by atoms with Gasteiger partial charge in [-0.1, -0.05) is 16.9 Å². The molecule has 2 aromatic rings.